The second-order valence-corrected chi connectivity index (χ2v) is 7.77. The second-order valence-electron chi connectivity index (χ2n) is 5.58. The molecule has 82 valence electrons. The van der Waals surface area contributed by atoms with E-state index in [1.54, 1.807) is 0 Å². The maximum absolute atomic E-state index is 12.1. The summed E-state index contributed by atoms with van der Waals surface area (Å²) in [4.78, 5) is 0. The van der Waals surface area contributed by atoms with E-state index >= 15 is 0 Å². The molecule has 4 heteroatoms. The Morgan fingerprint density at radius 1 is 1.43 bits per heavy atom. The molecule has 0 bridgehead atoms. The molecule has 2 saturated heterocycles. The van der Waals surface area contributed by atoms with Crippen LogP contribution in [0.25, 0.3) is 0 Å². The summed E-state index contributed by atoms with van der Waals surface area (Å²) in [6, 6.07) is 0.476. The van der Waals surface area contributed by atoms with Crippen LogP contribution in [0, 0.1) is 5.41 Å². The lowest BCUT2D eigenvalue weighted by Crippen LogP contribution is -2.76. The number of nitrogens with zero attached hydrogens (tertiary/aromatic N) is 1. The van der Waals surface area contributed by atoms with Gasteiger partial charge in [0.25, 0.3) is 0 Å². The quantitative estimate of drug-likeness (QED) is 0.701. The monoisotopic (exact) mass is 216 g/mol. The van der Waals surface area contributed by atoms with E-state index in [0.29, 0.717) is 11.5 Å². The Morgan fingerprint density at radius 3 is 2.29 bits per heavy atom. The van der Waals surface area contributed by atoms with Crippen LogP contribution in [-0.4, -0.2) is 38.9 Å². The van der Waals surface area contributed by atoms with Gasteiger partial charge in [0.15, 0.2) is 0 Å². The van der Waals surface area contributed by atoms with E-state index in [-0.39, 0.29) is 4.75 Å². The van der Waals surface area contributed by atoms with E-state index < -0.39 is 11.0 Å². The molecule has 3 nitrogen and oxygen atoms in total. The van der Waals surface area contributed by atoms with Gasteiger partial charge < -0.3 is 5.32 Å². The Bertz CT molecular complexity index is 268. The van der Waals surface area contributed by atoms with Gasteiger partial charge in [-0.25, -0.2) is 8.51 Å². The van der Waals surface area contributed by atoms with Gasteiger partial charge in [0.2, 0.25) is 0 Å². The summed E-state index contributed by atoms with van der Waals surface area (Å²) in [5.41, 5.74) is 0.445. The number of rotatable bonds is 1. The molecule has 0 aromatic rings. The van der Waals surface area contributed by atoms with Crippen LogP contribution in [-0.2, 0) is 11.0 Å². The normalized spacial score (nSPS) is 33.6. The molecule has 0 aromatic heterocycles. The molecule has 2 aliphatic rings. The van der Waals surface area contributed by atoms with Gasteiger partial charge in [0.1, 0.15) is 0 Å². The largest absolute Gasteiger partial charge is 0.315 e. The topological polar surface area (TPSA) is 32.3 Å². The van der Waals surface area contributed by atoms with Crippen LogP contribution in [0.4, 0.5) is 0 Å². The van der Waals surface area contributed by atoms with Crippen LogP contribution in [0.1, 0.15) is 27.7 Å². The zero-order valence-corrected chi connectivity index (χ0v) is 10.3. The highest BCUT2D eigenvalue weighted by atomic mass is 32.2. The van der Waals surface area contributed by atoms with Gasteiger partial charge >= 0.3 is 0 Å². The van der Waals surface area contributed by atoms with Gasteiger partial charge in [-0.05, 0) is 27.7 Å². The highest BCUT2D eigenvalue weighted by molar-refractivity contribution is 7.84. The maximum atomic E-state index is 12.1. The maximum Gasteiger partial charge on any atom is 0.1000 e. The lowest BCUT2D eigenvalue weighted by molar-refractivity contribution is -0.0414. The van der Waals surface area contributed by atoms with Gasteiger partial charge in [-0.3, -0.25) is 0 Å². The SMILES string of the molecule is CC1N(S(=O)C(C)(C)C)CC12CNC2. The Labute approximate surface area is 88.8 Å². The van der Waals surface area contributed by atoms with Crippen LogP contribution in [0.2, 0.25) is 0 Å². The van der Waals surface area contributed by atoms with Crippen molar-refractivity contribution >= 4 is 11.0 Å². The van der Waals surface area contributed by atoms with Gasteiger partial charge in [0, 0.05) is 31.1 Å². The van der Waals surface area contributed by atoms with Crippen molar-refractivity contribution in [3.8, 4) is 0 Å². The summed E-state index contributed by atoms with van der Waals surface area (Å²) in [5.74, 6) is 0. The fourth-order valence-corrected chi connectivity index (χ4v) is 3.77. The van der Waals surface area contributed by atoms with Gasteiger partial charge in [-0.2, -0.15) is 0 Å². The van der Waals surface area contributed by atoms with Crippen LogP contribution >= 0.6 is 0 Å². The summed E-state index contributed by atoms with van der Waals surface area (Å²) in [7, 11) is -0.834. The average molecular weight is 216 g/mol. The standard InChI is InChI=1S/C10H20N2OS/c1-8-10(5-11-6-10)7-12(8)14(13)9(2,3)4/h8,11H,5-7H2,1-4H3. The van der Waals surface area contributed by atoms with Gasteiger partial charge in [-0.15, -0.1) is 0 Å². The van der Waals surface area contributed by atoms with E-state index in [2.05, 4.69) is 16.5 Å². The molecule has 2 fully saturated rings. The molecular weight excluding hydrogens is 196 g/mol. The van der Waals surface area contributed by atoms with Crippen molar-refractivity contribution in [2.75, 3.05) is 19.6 Å². The summed E-state index contributed by atoms with van der Waals surface area (Å²) >= 11 is 0. The van der Waals surface area contributed by atoms with Gasteiger partial charge in [0.05, 0.1) is 15.7 Å². The molecule has 0 amide bonds. The van der Waals surface area contributed by atoms with Crippen LogP contribution in [0.3, 0.4) is 0 Å². The number of nitrogens with one attached hydrogen (secondary N) is 1. The summed E-state index contributed by atoms with van der Waals surface area (Å²) in [6.07, 6.45) is 0. The molecule has 0 aliphatic carbocycles. The summed E-state index contributed by atoms with van der Waals surface area (Å²) in [6.45, 7) is 11.5. The molecule has 2 heterocycles. The minimum atomic E-state index is -0.834. The van der Waals surface area contributed by atoms with E-state index in [0.717, 1.165) is 19.6 Å². The Hall–Kier alpha value is 0.0700. The predicted molar refractivity (Wildman–Crippen MR) is 59.4 cm³/mol. The molecule has 2 atom stereocenters. The van der Waals surface area contributed by atoms with Crippen molar-refractivity contribution in [2.24, 2.45) is 5.41 Å². The van der Waals surface area contributed by atoms with Crippen molar-refractivity contribution in [1.29, 1.82) is 0 Å². The lowest BCUT2D eigenvalue weighted by atomic mass is 9.69. The molecule has 1 spiro atoms. The first kappa shape index (κ1) is 10.6. The smallest absolute Gasteiger partial charge is 0.1000 e. The highest BCUT2D eigenvalue weighted by Gasteiger charge is 2.56. The minimum absolute atomic E-state index is 0.118. The molecule has 1 N–H and O–H groups in total. The first-order valence-electron chi connectivity index (χ1n) is 5.26. The van der Waals surface area contributed by atoms with E-state index in [9.17, 15) is 4.21 Å². The lowest BCUT2D eigenvalue weighted by Gasteiger charge is -2.61. The Morgan fingerprint density at radius 2 is 2.00 bits per heavy atom. The number of hydrogen-bond acceptors (Lipinski definition) is 2. The summed E-state index contributed by atoms with van der Waals surface area (Å²) < 4.78 is 14.1. The first-order valence-corrected chi connectivity index (χ1v) is 6.37. The van der Waals surface area contributed by atoms with Crippen molar-refractivity contribution < 1.29 is 4.21 Å². The van der Waals surface area contributed by atoms with Crippen molar-refractivity contribution in [2.45, 2.75) is 38.5 Å². The average Bonchev–Trinajstić information content (AvgIpc) is 1.97. The van der Waals surface area contributed by atoms with Crippen LogP contribution in [0.15, 0.2) is 0 Å². The van der Waals surface area contributed by atoms with Crippen LogP contribution < -0.4 is 5.32 Å². The van der Waals surface area contributed by atoms with Gasteiger partial charge in [-0.1, -0.05) is 0 Å². The predicted octanol–water partition coefficient (Wildman–Crippen LogP) is 0.742. The zero-order valence-electron chi connectivity index (χ0n) is 9.46. The molecule has 2 rings (SSSR count). The fourth-order valence-electron chi connectivity index (χ4n) is 2.18. The van der Waals surface area contributed by atoms with Crippen molar-refractivity contribution in [3.63, 3.8) is 0 Å². The third-order valence-electron chi connectivity index (χ3n) is 3.48. The molecule has 0 aromatic carbocycles. The highest BCUT2D eigenvalue weighted by Crippen LogP contribution is 2.43. The minimum Gasteiger partial charge on any atom is -0.315 e. The van der Waals surface area contributed by atoms with E-state index in [4.69, 9.17) is 0 Å². The van der Waals surface area contributed by atoms with E-state index in [1.807, 2.05) is 20.8 Å². The zero-order chi connectivity index (χ0) is 10.6. The Balaban J connectivity index is 2.00. The molecule has 2 aliphatic heterocycles. The summed E-state index contributed by atoms with van der Waals surface area (Å²) in [5, 5.41) is 3.31. The van der Waals surface area contributed by atoms with Crippen molar-refractivity contribution in [3.05, 3.63) is 0 Å². The van der Waals surface area contributed by atoms with Crippen LogP contribution in [0.5, 0.6) is 0 Å². The molecule has 0 saturated carbocycles. The third-order valence-corrected chi connectivity index (χ3v) is 5.40. The third kappa shape index (κ3) is 1.35. The molecule has 0 radical (unpaired) electrons. The first-order chi connectivity index (χ1) is 6.37. The molecule has 2 unspecified atom stereocenters. The Kier molecular flexibility index (Phi) is 2.29. The number of hydrogen-bond donors (Lipinski definition) is 1. The van der Waals surface area contributed by atoms with Crippen molar-refractivity contribution in [1.82, 2.24) is 9.62 Å². The molecular formula is C10H20N2OS. The molecule has 14 heavy (non-hydrogen) atoms. The fraction of sp³-hybridized carbons (Fsp3) is 1.00. The van der Waals surface area contributed by atoms with E-state index in [1.165, 1.54) is 0 Å². The second kappa shape index (κ2) is 3.03.